The van der Waals surface area contributed by atoms with Crippen molar-refractivity contribution in [2.45, 2.75) is 26.4 Å². The molecule has 110 valence electrons. The molecule has 0 saturated carbocycles. The lowest BCUT2D eigenvalue weighted by molar-refractivity contribution is 0.00696. The number of nitrogens with one attached hydrogen (secondary N) is 1. The Morgan fingerprint density at radius 1 is 1.30 bits per heavy atom. The van der Waals surface area contributed by atoms with Gasteiger partial charge < -0.3 is 20.7 Å². The molecule has 1 heterocycles. The number of nitrogen functional groups attached to an aromatic ring is 1. The van der Waals surface area contributed by atoms with Crippen molar-refractivity contribution in [3.8, 4) is 0 Å². The first-order valence-corrected chi connectivity index (χ1v) is 6.95. The molecule has 0 bridgehead atoms. The van der Waals surface area contributed by atoms with Crippen molar-refractivity contribution in [1.29, 1.82) is 0 Å². The number of benzene rings is 1. The molecule has 2 rings (SSSR count). The quantitative estimate of drug-likeness (QED) is 0.635. The number of piperazine rings is 1. The Morgan fingerprint density at radius 2 is 1.95 bits per heavy atom. The summed E-state index contributed by atoms with van der Waals surface area (Å²) in [6.45, 7) is 9.31. The molecule has 0 aliphatic carbocycles. The van der Waals surface area contributed by atoms with E-state index >= 15 is 0 Å². The number of hydrogen-bond acceptors (Lipinski definition) is 5. The van der Waals surface area contributed by atoms with Gasteiger partial charge in [-0.2, -0.15) is 0 Å². The van der Waals surface area contributed by atoms with Crippen LogP contribution < -0.4 is 16.0 Å². The van der Waals surface area contributed by atoms with Gasteiger partial charge in [-0.25, -0.2) is 4.79 Å². The molecular formula is C15H23N3O2. The minimum atomic E-state index is -0.497. The van der Waals surface area contributed by atoms with Crippen molar-refractivity contribution in [2.75, 3.05) is 36.8 Å². The maximum atomic E-state index is 12.0. The van der Waals surface area contributed by atoms with E-state index in [9.17, 15) is 4.79 Å². The Bertz CT molecular complexity index is 488. The molecule has 1 fully saturated rings. The fraction of sp³-hybridized carbons (Fsp3) is 0.533. The summed E-state index contributed by atoms with van der Waals surface area (Å²) in [4.78, 5) is 14.2. The van der Waals surface area contributed by atoms with Gasteiger partial charge in [0.1, 0.15) is 5.60 Å². The molecule has 0 radical (unpaired) electrons. The molecule has 20 heavy (non-hydrogen) atoms. The van der Waals surface area contributed by atoms with Crippen LogP contribution in [-0.4, -0.2) is 37.7 Å². The van der Waals surface area contributed by atoms with E-state index in [4.69, 9.17) is 10.5 Å². The van der Waals surface area contributed by atoms with Crippen LogP contribution in [0.3, 0.4) is 0 Å². The van der Waals surface area contributed by atoms with Crippen molar-refractivity contribution in [1.82, 2.24) is 5.32 Å². The normalized spacial score (nSPS) is 16.1. The second kappa shape index (κ2) is 5.71. The second-order valence-corrected chi connectivity index (χ2v) is 6.01. The number of rotatable bonds is 2. The zero-order valence-corrected chi connectivity index (χ0v) is 12.4. The van der Waals surface area contributed by atoms with Crippen LogP contribution in [0.5, 0.6) is 0 Å². The van der Waals surface area contributed by atoms with Crippen LogP contribution in [-0.2, 0) is 4.74 Å². The van der Waals surface area contributed by atoms with Crippen molar-refractivity contribution in [3.63, 3.8) is 0 Å². The van der Waals surface area contributed by atoms with Gasteiger partial charge in [0.25, 0.3) is 0 Å². The van der Waals surface area contributed by atoms with Gasteiger partial charge in [-0.1, -0.05) is 0 Å². The van der Waals surface area contributed by atoms with Crippen LogP contribution in [0.2, 0.25) is 0 Å². The van der Waals surface area contributed by atoms with Crippen LogP contribution in [0.4, 0.5) is 11.4 Å². The van der Waals surface area contributed by atoms with Crippen LogP contribution in [0.25, 0.3) is 0 Å². The maximum absolute atomic E-state index is 12.0. The summed E-state index contributed by atoms with van der Waals surface area (Å²) in [7, 11) is 0. The summed E-state index contributed by atoms with van der Waals surface area (Å²) < 4.78 is 5.35. The third-order valence-electron chi connectivity index (χ3n) is 3.12. The lowest BCUT2D eigenvalue weighted by Gasteiger charge is -2.30. The fourth-order valence-corrected chi connectivity index (χ4v) is 2.21. The number of anilines is 2. The van der Waals surface area contributed by atoms with Gasteiger partial charge in [0.15, 0.2) is 0 Å². The van der Waals surface area contributed by atoms with Crippen LogP contribution >= 0.6 is 0 Å². The molecule has 1 aliphatic rings. The van der Waals surface area contributed by atoms with E-state index < -0.39 is 5.60 Å². The van der Waals surface area contributed by atoms with Crippen LogP contribution in [0.1, 0.15) is 31.1 Å². The van der Waals surface area contributed by atoms with Gasteiger partial charge in [0.05, 0.1) is 16.9 Å². The number of ether oxygens (including phenoxy) is 1. The zero-order valence-electron chi connectivity index (χ0n) is 12.4. The molecule has 0 unspecified atom stereocenters. The predicted molar refractivity (Wildman–Crippen MR) is 81.1 cm³/mol. The third-order valence-corrected chi connectivity index (χ3v) is 3.12. The molecule has 0 spiro atoms. The molecule has 1 saturated heterocycles. The highest BCUT2D eigenvalue weighted by Crippen LogP contribution is 2.25. The predicted octanol–water partition coefficient (Wildman–Crippen LogP) is 1.63. The SMILES string of the molecule is CC(C)(C)OC(=O)c1ccc(N2CCNCC2)c(N)c1. The van der Waals surface area contributed by atoms with E-state index in [1.807, 2.05) is 26.8 Å². The zero-order chi connectivity index (χ0) is 14.8. The van der Waals surface area contributed by atoms with Gasteiger partial charge >= 0.3 is 5.97 Å². The van der Waals surface area contributed by atoms with E-state index in [0.717, 1.165) is 31.9 Å². The first-order valence-electron chi connectivity index (χ1n) is 6.95. The summed E-state index contributed by atoms with van der Waals surface area (Å²) >= 11 is 0. The minimum absolute atomic E-state index is 0.337. The first-order chi connectivity index (χ1) is 9.37. The Hall–Kier alpha value is -1.75. The average molecular weight is 277 g/mol. The van der Waals surface area contributed by atoms with E-state index in [2.05, 4.69) is 10.2 Å². The Labute approximate surface area is 120 Å². The molecule has 5 nitrogen and oxygen atoms in total. The topological polar surface area (TPSA) is 67.6 Å². The monoisotopic (exact) mass is 277 g/mol. The largest absolute Gasteiger partial charge is 0.456 e. The van der Waals surface area contributed by atoms with E-state index in [-0.39, 0.29) is 5.97 Å². The van der Waals surface area contributed by atoms with E-state index in [1.54, 1.807) is 12.1 Å². The molecule has 0 amide bonds. The molecule has 1 aromatic rings. The highest BCUT2D eigenvalue weighted by Gasteiger charge is 2.19. The van der Waals surface area contributed by atoms with Crippen LogP contribution in [0.15, 0.2) is 18.2 Å². The molecule has 5 heteroatoms. The maximum Gasteiger partial charge on any atom is 0.338 e. The molecule has 0 aromatic heterocycles. The first kappa shape index (κ1) is 14.7. The Balaban J connectivity index is 2.14. The number of nitrogens with two attached hydrogens (primary N) is 1. The number of nitrogens with zero attached hydrogens (tertiary/aromatic N) is 1. The van der Waals surface area contributed by atoms with Gasteiger partial charge in [-0.15, -0.1) is 0 Å². The number of carbonyl (C=O) groups excluding carboxylic acids is 1. The fourth-order valence-electron chi connectivity index (χ4n) is 2.21. The molecule has 1 aromatic carbocycles. The van der Waals surface area contributed by atoms with Crippen molar-refractivity contribution >= 4 is 17.3 Å². The van der Waals surface area contributed by atoms with Gasteiger partial charge in [0.2, 0.25) is 0 Å². The summed E-state index contributed by atoms with van der Waals surface area (Å²) in [6.07, 6.45) is 0. The van der Waals surface area contributed by atoms with Gasteiger partial charge in [-0.3, -0.25) is 0 Å². The number of esters is 1. The summed E-state index contributed by atoms with van der Waals surface area (Å²) in [6, 6.07) is 5.38. The highest BCUT2D eigenvalue weighted by molar-refractivity contribution is 5.92. The summed E-state index contributed by atoms with van der Waals surface area (Å²) in [5.74, 6) is -0.337. The lowest BCUT2D eigenvalue weighted by atomic mass is 10.1. The van der Waals surface area contributed by atoms with Gasteiger partial charge in [0, 0.05) is 26.2 Å². The second-order valence-electron chi connectivity index (χ2n) is 6.01. The molecule has 3 N–H and O–H groups in total. The van der Waals surface area contributed by atoms with Crippen molar-refractivity contribution in [2.24, 2.45) is 0 Å². The Kier molecular flexibility index (Phi) is 4.18. The minimum Gasteiger partial charge on any atom is -0.456 e. The summed E-state index contributed by atoms with van der Waals surface area (Å²) in [5, 5.41) is 3.30. The van der Waals surface area contributed by atoms with Crippen molar-refractivity contribution in [3.05, 3.63) is 23.8 Å². The van der Waals surface area contributed by atoms with Crippen molar-refractivity contribution < 1.29 is 9.53 Å². The van der Waals surface area contributed by atoms with E-state index in [1.165, 1.54) is 0 Å². The van der Waals surface area contributed by atoms with Gasteiger partial charge in [-0.05, 0) is 39.0 Å². The molecule has 1 aliphatic heterocycles. The van der Waals surface area contributed by atoms with E-state index in [0.29, 0.717) is 11.3 Å². The lowest BCUT2D eigenvalue weighted by Crippen LogP contribution is -2.43. The number of hydrogen-bond donors (Lipinski definition) is 2. The Morgan fingerprint density at radius 3 is 2.50 bits per heavy atom. The molecule has 0 atom stereocenters. The standard InChI is InChI=1S/C15H23N3O2/c1-15(2,3)20-14(19)11-4-5-13(12(16)10-11)18-8-6-17-7-9-18/h4-5,10,17H,6-9,16H2,1-3H3. The third kappa shape index (κ3) is 3.63. The molecular weight excluding hydrogens is 254 g/mol. The summed E-state index contributed by atoms with van der Waals surface area (Å²) in [5.41, 5.74) is 7.69. The van der Waals surface area contributed by atoms with Crippen LogP contribution in [0, 0.1) is 0 Å². The average Bonchev–Trinajstić information content (AvgIpc) is 2.37. The smallest absolute Gasteiger partial charge is 0.338 e. The number of carbonyl (C=O) groups is 1. The highest BCUT2D eigenvalue weighted by atomic mass is 16.6.